The number of rotatable bonds is 5. The minimum Gasteiger partial charge on any atom is -0.486 e. The zero-order valence-electron chi connectivity index (χ0n) is 12.7. The van der Waals surface area contributed by atoms with Gasteiger partial charge in [0.2, 0.25) is 0 Å². The summed E-state index contributed by atoms with van der Waals surface area (Å²) in [4.78, 5) is 0. The van der Waals surface area contributed by atoms with Crippen LogP contribution in [-0.4, -0.2) is 13.1 Å². The van der Waals surface area contributed by atoms with Gasteiger partial charge in [0.1, 0.15) is 17.7 Å². The summed E-state index contributed by atoms with van der Waals surface area (Å²) in [5, 5.41) is 3.40. The maximum atomic E-state index is 13.1. The van der Waals surface area contributed by atoms with Crippen molar-refractivity contribution < 1.29 is 9.13 Å². The molecular weight excluding hydrogens is 277 g/mol. The molecule has 3 rings (SSSR count). The van der Waals surface area contributed by atoms with Gasteiger partial charge in [-0.25, -0.2) is 4.39 Å². The molecule has 1 atom stereocenters. The van der Waals surface area contributed by atoms with Gasteiger partial charge in [-0.1, -0.05) is 30.3 Å². The Balaban J connectivity index is 1.74. The van der Waals surface area contributed by atoms with E-state index < -0.39 is 0 Å². The molecule has 1 saturated heterocycles. The predicted molar refractivity (Wildman–Crippen MR) is 86.4 cm³/mol. The summed E-state index contributed by atoms with van der Waals surface area (Å²) < 4.78 is 19.2. The lowest BCUT2D eigenvalue weighted by molar-refractivity contribution is 0.157. The van der Waals surface area contributed by atoms with E-state index in [2.05, 4.69) is 17.4 Å². The van der Waals surface area contributed by atoms with Gasteiger partial charge in [0, 0.05) is 0 Å². The van der Waals surface area contributed by atoms with Crippen LogP contribution in [0.3, 0.4) is 0 Å². The monoisotopic (exact) mass is 299 g/mol. The lowest BCUT2D eigenvalue weighted by atomic mass is 9.89. The fourth-order valence-corrected chi connectivity index (χ4v) is 3.02. The van der Waals surface area contributed by atoms with Gasteiger partial charge in [0.25, 0.3) is 0 Å². The van der Waals surface area contributed by atoms with Crippen LogP contribution in [-0.2, 0) is 0 Å². The molecule has 0 saturated carbocycles. The van der Waals surface area contributed by atoms with Gasteiger partial charge in [0.15, 0.2) is 0 Å². The van der Waals surface area contributed by atoms with Crippen LogP contribution in [0, 0.1) is 11.7 Å². The number of hydrogen-bond donors (Lipinski definition) is 1. The molecule has 1 N–H and O–H groups in total. The Morgan fingerprint density at radius 3 is 2.36 bits per heavy atom. The third-order valence-electron chi connectivity index (χ3n) is 4.27. The standard InChI is InChI=1S/C19H22FNO/c20-17-6-8-18(9-7-17)22-19(16-4-2-1-3-5-16)14-15-10-12-21-13-11-15/h1-9,15,19,21H,10-14H2/t19-/m0/s1. The van der Waals surface area contributed by atoms with Gasteiger partial charge in [0.05, 0.1) is 0 Å². The molecule has 2 nitrogen and oxygen atoms in total. The van der Waals surface area contributed by atoms with E-state index in [-0.39, 0.29) is 11.9 Å². The Labute approximate surface area is 131 Å². The van der Waals surface area contributed by atoms with Gasteiger partial charge in [-0.05, 0) is 68.1 Å². The molecule has 0 aliphatic carbocycles. The normalized spacial score (nSPS) is 17.1. The summed E-state index contributed by atoms with van der Waals surface area (Å²) in [5.74, 6) is 1.16. The van der Waals surface area contributed by atoms with Crippen molar-refractivity contribution in [3.63, 3.8) is 0 Å². The van der Waals surface area contributed by atoms with Gasteiger partial charge in [-0.3, -0.25) is 0 Å². The lowest BCUT2D eigenvalue weighted by Crippen LogP contribution is -2.29. The van der Waals surface area contributed by atoms with Crippen molar-refractivity contribution in [1.82, 2.24) is 5.32 Å². The average molecular weight is 299 g/mol. The molecule has 3 heteroatoms. The van der Waals surface area contributed by atoms with E-state index >= 15 is 0 Å². The maximum absolute atomic E-state index is 13.1. The molecule has 2 aromatic carbocycles. The zero-order chi connectivity index (χ0) is 15.2. The number of piperidine rings is 1. The highest BCUT2D eigenvalue weighted by Gasteiger charge is 2.21. The Hall–Kier alpha value is -1.87. The minimum atomic E-state index is -0.234. The summed E-state index contributed by atoms with van der Waals surface area (Å²) in [7, 11) is 0. The highest BCUT2D eigenvalue weighted by atomic mass is 19.1. The van der Waals surface area contributed by atoms with E-state index in [1.807, 2.05) is 18.2 Å². The van der Waals surface area contributed by atoms with E-state index in [9.17, 15) is 4.39 Å². The van der Waals surface area contributed by atoms with Gasteiger partial charge in [-0.2, -0.15) is 0 Å². The van der Waals surface area contributed by atoms with E-state index in [4.69, 9.17) is 4.74 Å². The van der Waals surface area contributed by atoms with Crippen LogP contribution >= 0.6 is 0 Å². The zero-order valence-corrected chi connectivity index (χ0v) is 12.7. The van der Waals surface area contributed by atoms with Crippen LogP contribution in [0.25, 0.3) is 0 Å². The maximum Gasteiger partial charge on any atom is 0.124 e. The first-order valence-electron chi connectivity index (χ1n) is 7.99. The minimum absolute atomic E-state index is 0.0229. The first-order chi connectivity index (χ1) is 10.8. The molecule has 0 spiro atoms. The van der Waals surface area contributed by atoms with Crippen molar-refractivity contribution in [2.45, 2.75) is 25.4 Å². The SMILES string of the molecule is Fc1ccc(O[C@@H](CC2CCNCC2)c2ccccc2)cc1. The summed E-state index contributed by atoms with van der Waals surface area (Å²) >= 11 is 0. The van der Waals surface area contributed by atoms with Crippen molar-refractivity contribution in [2.75, 3.05) is 13.1 Å². The number of halogens is 1. The first kappa shape index (κ1) is 15.0. The van der Waals surface area contributed by atoms with Crippen LogP contribution in [0.15, 0.2) is 54.6 Å². The summed E-state index contributed by atoms with van der Waals surface area (Å²) in [5.41, 5.74) is 1.19. The number of nitrogens with one attached hydrogen (secondary N) is 1. The first-order valence-corrected chi connectivity index (χ1v) is 7.99. The van der Waals surface area contributed by atoms with Gasteiger partial charge < -0.3 is 10.1 Å². The third-order valence-corrected chi connectivity index (χ3v) is 4.27. The molecule has 0 unspecified atom stereocenters. The molecule has 2 aromatic rings. The molecule has 22 heavy (non-hydrogen) atoms. The van der Waals surface area contributed by atoms with E-state index in [0.29, 0.717) is 5.92 Å². The number of benzene rings is 2. The van der Waals surface area contributed by atoms with Crippen molar-refractivity contribution in [3.8, 4) is 5.75 Å². The van der Waals surface area contributed by atoms with Gasteiger partial charge >= 0.3 is 0 Å². The second kappa shape index (κ2) is 7.41. The molecule has 1 aliphatic heterocycles. The molecular formula is C19H22FNO. The number of hydrogen-bond acceptors (Lipinski definition) is 2. The Kier molecular flexibility index (Phi) is 5.07. The quantitative estimate of drug-likeness (QED) is 0.887. The molecule has 0 aromatic heterocycles. The smallest absolute Gasteiger partial charge is 0.124 e. The Morgan fingerprint density at radius 2 is 1.68 bits per heavy atom. The van der Waals surface area contributed by atoms with Crippen molar-refractivity contribution in [2.24, 2.45) is 5.92 Å². The Bertz CT molecular complexity index is 564. The highest BCUT2D eigenvalue weighted by molar-refractivity contribution is 5.25. The second-order valence-corrected chi connectivity index (χ2v) is 5.90. The number of ether oxygens (including phenoxy) is 1. The molecule has 1 fully saturated rings. The van der Waals surface area contributed by atoms with Crippen molar-refractivity contribution in [1.29, 1.82) is 0 Å². The third kappa shape index (κ3) is 4.08. The largest absolute Gasteiger partial charge is 0.486 e. The molecule has 0 bridgehead atoms. The van der Waals surface area contributed by atoms with E-state index in [1.54, 1.807) is 12.1 Å². The summed E-state index contributed by atoms with van der Waals surface area (Å²) in [6.45, 7) is 2.17. The molecule has 0 radical (unpaired) electrons. The topological polar surface area (TPSA) is 21.3 Å². The van der Waals surface area contributed by atoms with Crippen molar-refractivity contribution >= 4 is 0 Å². The lowest BCUT2D eigenvalue weighted by Gasteiger charge is -2.28. The van der Waals surface area contributed by atoms with Crippen LogP contribution in [0.2, 0.25) is 0 Å². The average Bonchev–Trinajstić information content (AvgIpc) is 2.58. The Morgan fingerprint density at radius 1 is 1.00 bits per heavy atom. The molecule has 0 amide bonds. The highest BCUT2D eigenvalue weighted by Crippen LogP contribution is 2.31. The van der Waals surface area contributed by atoms with Crippen LogP contribution in [0.1, 0.15) is 30.9 Å². The van der Waals surface area contributed by atoms with Crippen LogP contribution < -0.4 is 10.1 Å². The summed E-state index contributed by atoms with van der Waals surface area (Å²) in [6.07, 6.45) is 3.41. The van der Waals surface area contributed by atoms with E-state index in [1.165, 1.54) is 30.5 Å². The summed E-state index contributed by atoms with van der Waals surface area (Å²) in [6, 6.07) is 16.6. The van der Waals surface area contributed by atoms with Gasteiger partial charge in [-0.15, -0.1) is 0 Å². The fourth-order valence-electron chi connectivity index (χ4n) is 3.02. The molecule has 1 heterocycles. The second-order valence-electron chi connectivity index (χ2n) is 5.90. The predicted octanol–water partition coefficient (Wildman–Crippen LogP) is 4.34. The van der Waals surface area contributed by atoms with Crippen LogP contribution in [0.5, 0.6) is 5.75 Å². The molecule has 1 aliphatic rings. The molecule has 116 valence electrons. The van der Waals surface area contributed by atoms with Crippen LogP contribution in [0.4, 0.5) is 4.39 Å². The van der Waals surface area contributed by atoms with Crippen molar-refractivity contribution in [3.05, 3.63) is 66.0 Å². The van der Waals surface area contributed by atoms with E-state index in [0.717, 1.165) is 25.3 Å². The fraction of sp³-hybridized carbons (Fsp3) is 0.368.